The summed E-state index contributed by atoms with van der Waals surface area (Å²) in [7, 11) is 0. The van der Waals surface area contributed by atoms with E-state index in [1.54, 1.807) is 18.3 Å². The van der Waals surface area contributed by atoms with Crippen molar-refractivity contribution in [1.29, 1.82) is 0 Å². The molecule has 2 aromatic rings. The van der Waals surface area contributed by atoms with Crippen molar-refractivity contribution in [1.82, 2.24) is 14.9 Å². The summed E-state index contributed by atoms with van der Waals surface area (Å²) in [4.78, 5) is 27.0. The number of aryl methyl sites for hydroxylation is 1. The zero-order valence-corrected chi connectivity index (χ0v) is 11.0. The molecule has 6 nitrogen and oxygen atoms in total. The fourth-order valence-corrected chi connectivity index (χ4v) is 1.86. The predicted molar refractivity (Wildman–Crippen MR) is 72.2 cm³/mol. The molecule has 0 spiro atoms. The van der Waals surface area contributed by atoms with Crippen LogP contribution in [0.3, 0.4) is 0 Å². The highest BCUT2D eigenvalue weighted by atomic mass is 16.4. The van der Waals surface area contributed by atoms with Crippen molar-refractivity contribution < 1.29 is 14.7 Å². The topological polar surface area (TPSA) is 84.2 Å². The first-order valence-corrected chi connectivity index (χ1v) is 6.14. The quantitative estimate of drug-likeness (QED) is 0.857. The molecule has 104 valence electrons. The molecular weight excluding hydrogens is 258 g/mol. The highest BCUT2D eigenvalue weighted by Crippen LogP contribution is 2.03. The number of pyridine rings is 1. The minimum atomic E-state index is -0.990. The Kier molecular flexibility index (Phi) is 4.14. The van der Waals surface area contributed by atoms with E-state index in [-0.39, 0.29) is 12.5 Å². The zero-order chi connectivity index (χ0) is 14.5. The van der Waals surface area contributed by atoms with Crippen LogP contribution >= 0.6 is 0 Å². The van der Waals surface area contributed by atoms with E-state index in [4.69, 9.17) is 5.11 Å². The molecule has 0 saturated heterocycles. The van der Waals surface area contributed by atoms with Gasteiger partial charge in [0.1, 0.15) is 12.2 Å². The third-order valence-corrected chi connectivity index (χ3v) is 2.74. The second-order valence-electron chi connectivity index (χ2n) is 4.37. The van der Waals surface area contributed by atoms with Gasteiger partial charge in [0.25, 0.3) is 5.91 Å². The van der Waals surface area contributed by atoms with E-state index in [9.17, 15) is 9.59 Å². The molecule has 0 aliphatic heterocycles. The SMILES string of the molecule is Cc1cccc(CNC(=O)c2cccn2CC(=O)O)n1. The Morgan fingerprint density at radius 1 is 1.30 bits per heavy atom. The summed E-state index contributed by atoms with van der Waals surface area (Å²) in [5.74, 6) is -1.31. The van der Waals surface area contributed by atoms with Gasteiger partial charge in [-0.1, -0.05) is 6.07 Å². The van der Waals surface area contributed by atoms with Crippen molar-refractivity contribution in [3.63, 3.8) is 0 Å². The Balaban J connectivity index is 2.02. The van der Waals surface area contributed by atoms with Gasteiger partial charge in [0.2, 0.25) is 0 Å². The van der Waals surface area contributed by atoms with Crippen LogP contribution < -0.4 is 5.32 Å². The lowest BCUT2D eigenvalue weighted by Gasteiger charge is -2.08. The summed E-state index contributed by atoms with van der Waals surface area (Å²) >= 11 is 0. The number of hydrogen-bond acceptors (Lipinski definition) is 3. The number of nitrogens with one attached hydrogen (secondary N) is 1. The van der Waals surface area contributed by atoms with Crippen molar-refractivity contribution in [2.75, 3.05) is 0 Å². The standard InChI is InChI=1S/C14H15N3O3/c1-10-4-2-5-11(16-10)8-15-14(20)12-6-3-7-17(12)9-13(18)19/h2-7H,8-9H2,1H3,(H,15,20)(H,18,19). The van der Waals surface area contributed by atoms with Gasteiger partial charge >= 0.3 is 5.97 Å². The molecule has 0 saturated carbocycles. The molecule has 2 rings (SSSR count). The van der Waals surface area contributed by atoms with E-state index in [1.807, 2.05) is 25.1 Å². The van der Waals surface area contributed by atoms with Crippen LogP contribution in [0.5, 0.6) is 0 Å². The number of aromatic nitrogens is 2. The Morgan fingerprint density at radius 2 is 2.10 bits per heavy atom. The summed E-state index contributed by atoms with van der Waals surface area (Å²) in [5.41, 5.74) is 1.96. The number of nitrogens with zero attached hydrogens (tertiary/aromatic N) is 2. The summed E-state index contributed by atoms with van der Waals surface area (Å²) < 4.78 is 1.39. The molecule has 2 heterocycles. The number of aliphatic carboxylic acids is 1. The first-order valence-electron chi connectivity index (χ1n) is 6.14. The molecule has 0 aromatic carbocycles. The maximum atomic E-state index is 12.0. The molecule has 0 radical (unpaired) electrons. The molecule has 20 heavy (non-hydrogen) atoms. The summed E-state index contributed by atoms with van der Waals surface area (Å²) in [5, 5.41) is 11.5. The lowest BCUT2D eigenvalue weighted by molar-refractivity contribution is -0.137. The fraction of sp³-hybridized carbons (Fsp3) is 0.214. The molecule has 6 heteroatoms. The monoisotopic (exact) mass is 273 g/mol. The van der Waals surface area contributed by atoms with Gasteiger partial charge in [0.05, 0.1) is 12.2 Å². The lowest BCUT2D eigenvalue weighted by Crippen LogP contribution is -2.26. The van der Waals surface area contributed by atoms with Gasteiger partial charge in [0, 0.05) is 11.9 Å². The summed E-state index contributed by atoms with van der Waals surface area (Å²) in [6, 6.07) is 8.80. The summed E-state index contributed by atoms with van der Waals surface area (Å²) in [6.45, 7) is 1.94. The Bertz CT molecular complexity index is 634. The highest BCUT2D eigenvalue weighted by Gasteiger charge is 2.12. The third kappa shape index (κ3) is 3.44. The molecule has 2 N–H and O–H groups in total. The minimum Gasteiger partial charge on any atom is -0.480 e. The van der Waals surface area contributed by atoms with E-state index in [0.717, 1.165) is 11.4 Å². The van der Waals surface area contributed by atoms with Gasteiger partial charge in [-0.3, -0.25) is 14.6 Å². The molecule has 0 fully saturated rings. The van der Waals surface area contributed by atoms with Gasteiger partial charge in [0.15, 0.2) is 0 Å². The van der Waals surface area contributed by atoms with Gasteiger partial charge in [-0.2, -0.15) is 0 Å². The average Bonchev–Trinajstić information content (AvgIpc) is 2.83. The second kappa shape index (κ2) is 6.01. The zero-order valence-electron chi connectivity index (χ0n) is 11.0. The van der Waals surface area contributed by atoms with Crippen LogP contribution in [0.2, 0.25) is 0 Å². The van der Waals surface area contributed by atoms with Gasteiger partial charge < -0.3 is 15.0 Å². The van der Waals surface area contributed by atoms with Crippen LogP contribution in [0.4, 0.5) is 0 Å². The lowest BCUT2D eigenvalue weighted by atomic mass is 10.3. The number of hydrogen-bond donors (Lipinski definition) is 2. The molecule has 0 aliphatic carbocycles. The van der Waals surface area contributed by atoms with Crippen molar-refractivity contribution in [2.24, 2.45) is 0 Å². The number of rotatable bonds is 5. The fourth-order valence-electron chi connectivity index (χ4n) is 1.86. The first-order chi connectivity index (χ1) is 9.56. The third-order valence-electron chi connectivity index (χ3n) is 2.74. The van der Waals surface area contributed by atoms with E-state index >= 15 is 0 Å². The number of carbonyl (C=O) groups is 2. The first kappa shape index (κ1) is 13.8. The molecule has 0 unspecified atom stereocenters. The normalized spacial score (nSPS) is 10.2. The maximum Gasteiger partial charge on any atom is 0.323 e. The Labute approximate surface area is 116 Å². The number of amides is 1. The van der Waals surface area contributed by atoms with Gasteiger partial charge in [-0.05, 0) is 31.2 Å². The second-order valence-corrected chi connectivity index (χ2v) is 4.37. The van der Waals surface area contributed by atoms with Crippen molar-refractivity contribution in [3.8, 4) is 0 Å². The van der Waals surface area contributed by atoms with Gasteiger partial charge in [-0.15, -0.1) is 0 Å². The average molecular weight is 273 g/mol. The maximum absolute atomic E-state index is 12.0. The molecular formula is C14H15N3O3. The molecule has 0 bridgehead atoms. The Hall–Kier alpha value is -2.63. The Morgan fingerprint density at radius 3 is 2.80 bits per heavy atom. The minimum absolute atomic E-state index is 0.238. The van der Waals surface area contributed by atoms with Crippen LogP contribution in [0.15, 0.2) is 36.5 Å². The van der Waals surface area contributed by atoms with Crippen molar-refractivity contribution in [2.45, 2.75) is 20.0 Å². The van der Waals surface area contributed by atoms with Crippen molar-refractivity contribution >= 4 is 11.9 Å². The van der Waals surface area contributed by atoms with Crippen LogP contribution in [-0.2, 0) is 17.9 Å². The smallest absolute Gasteiger partial charge is 0.323 e. The van der Waals surface area contributed by atoms with Crippen LogP contribution in [0.25, 0.3) is 0 Å². The van der Waals surface area contributed by atoms with Gasteiger partial charge in [-0.25, -0.2) is 0 Å². The predicted octanol–water partition coefficient (Wildman–Crippen LogP) is 1.21. The largest absolute Gasteiger partial charge is 0.480 e. The van der Waals surface area contributed by atoms with Crippen LogP contribution in [0.1, 0.15) is 21.9 Å². The highest BCUT2D eigenvalue weighted by molar-refractivity contribution is 5.93. The molecule has 2 aromatic heterocycles. The van der Waals surface area contributed by atoms with E-state index < -0.39 is 5.97 Å². The number of carboxylic acids is 1. The van der Waals surface area contributed by atoms with Crippen LogP contribution in [-0.4, -0.2) is 26.5 Å². The molecule has 0 aliphatic rings. The molecule has 1 amide bonds. The molecule has 0 atom stereocenters. The van der Waals surface area contributed by atoms with E-state index in [2.05, 4.69) is 10.3 Å². The number of carbonyl (C=O) groups excluding carboxylic acids is 1. The van der Waals surface area contributed by atoms with E-state index in [1.165, 1.54) is 4.57 Å². The number of carboxylic acid groups (broad SMARTS) is 1. The van der Waals surface area contributed by atoms with E-state index in [0.29, 0.717) is 12.2 Å². The van der Waals surface area contributed by atoms with Crippen molar-refractivity contribution in [3.05, 3.63) is 53.6 Å². The summed E-state index contributed by atoms with van der Waals surface area (Å²) in [6.07, 6.45) is 1.56. The van der Waals surface area contributed by atoms with Crippen LogP contribution in [0, 0.1) is 6.92 Å².